The fourth-order valence-corrected chi connectivity index (χ4v) is 4.95. The Bertz CT molecular complexity index is 1330. The minimum Gasteiger partial charge on any atom is -0.465 e. The van der Waals surface area contributed by atoms with E-state index in [1.165, 1.54) is 16.9 Å². The molecule has 0 unspecified atom stereocenters. The van der Waals surface area contributed by atoms with Crippen molar-refractivity contribution >= 4 is 49.4 Å². The van der Waals surface area contributed by atoms with E-state index in [1.54, 1.807) is 23.6 Å². The summed E-state index contributed by atoms with van der Waals surface area (Å²) >= 11 is 4.83. The molecule has 0 N–H and O–H groups in total. The summed E-state index contributed by atoms with van der Waals surface area (Å²) < 4.78 is 8.67. The molecule has 0 bridgehead atoms. The van der Waals surface area contributed by atoms with Gasteiger partial charge in [-0.05, 0) is 54.8 Å². The third-order valence-electron chi connectivity index (χ3n) is 4.89. The number of fused-ring (bicyclic) bond motifs is 1. The third kappa shape index (κ3) is 5.23. The number of esters is 1. The first kappa shape index (κ1) is 22.2. The van der Waals surface area contributed by atoms with Crippen LogP contribution in [0.3, 0.4) is 0 Å². The Morgan fingerprint density at radius 1 is 1.00 bits per heavy atom. The Morgan fingerprint density at radius 3 is 2.44 bits per heavy atom. The van der Waals surface area contributed by atoms with E-state index in [1.807, 2.05) is 48.5 Å². The fourth-order valence-electron chi connectivity index (χ4n) is 3.37. The van der Waals surface area contributed by atoms with E-state index in [0.29, 0.717) is 17.0 Å². The molecule has 4 rings (SSSR count). The molecule has 0 saturated carbocycles. The van der Waals surface area contributed by atoms with Crippen LogP contribution in [0.15, 0.2) is 82.3 Å². The number of ether oxygens (including phenoxy) is 1. The Labute approximate surface area is 198 Å². The molecule has 162 valence electrons. The first-order valence-electron chi connectivity index (χ1n) is 10.2. The number of nitrogens with zero attached hydrogens (tertiary/aromatic N) is 2. The van der Waals surface area contributed by atoms with Crippen LogP contribution in [0.25, 0.3) is 10.2 Å². The molecule has 3 aromatic carbocycles. The zero-order valence-electron chi connectivity index (χ0n) is 17.5. The van der Waals surface area contributed by atoms with Gasteiger partial charge in [0, 0.05) is 10.0 Å². The largest absolute Gasteiger partial charge is 0.465 e. The molecule has 4 aromatic rings. The van der Waals surface area contributed by atoms with Gasteiger partial charge in [0.15, 0.2) is 4.80 Å². The van der Waals surface area contributed by atoms with Gasteiger partial charge < -0.3 is 9.30 Å². The average molecular weight is 509 g/mol. The summed E-state index contributed by atoms with van der Waals surface area (Å²) in [7, 11) is 0. The van der Waals surface area contributed by atoms with Gasteiger partial charge in [-0.15, -0.1) is 0 Å². The topological polar surface area (TPSA) is 60.7 Å². The molecule has 0 spiro atoms. The van der Waals surface area contributed by atoms with Crippen molar-refractivity contribution in [1.82, 2.24) is 4.57 Å². The average Bonchev–Trinajstić information content (AvgIpc) is 3.10. The summed E-state index contributed by atoms with van der Waals surface area (Å²) in [6, 6.07) is 23.4. The Morgan fingerprint density at radius 2 is 1.72 bits per heavy atom. The van der Waals surface area contributed by atoms with Gasteiger partial charge in [0.1, 0.15) is 6.54 Å². The molecule has 1 heterocycles. The summed E-state index contributed by atoms with van der Waals surface area (Å²) in [5.41, 5.74) is 3.67. The number of halogens is 1. The molecule has 1 aromatic heterocycles. The molecule has 0 aliphatic rings. The van der Waals surface area contributed by atoms with Crippen LogP contribution < -0.4 is 4.80 Å². The molecule has 0 fully saturated rings. The van der Waals surface area contributed by atoms with Crippen molar-refractivity contribution in [3.63, 3.8) is 0 Å². The van der Waals surface area contributed by atoms with Crippen LogP contribution in [0.1, 0.15) is 28.4 Å². The van der Waals surface area contributed by atoms with Crippen molar-refractivity contribution < 1.29 is 14.3 Å². The number of aromatic nitrogens is 1. The summed E-state index contributed by atoms with van der Waals surface area (Å²) in [6.07, 6.45) is 0.803. The van der Waals surface area contributed by atoms with Crippen molar-refractivity contribution in [2.24, 2.45) is 4.99 Å². The number of hydrogen-bond donors (Lipinski definition) is 0. The SMILES string of the molecule is CCOC(=O)Cn1c(=NC(=O)c2ccc(Cc3ccccc3)cc2)sc2cc(Br)ccc21. The van der Waals surface area contributed by atoms with Crippen LogP contribution in [0.2, 0.25) is 0 Å². The van der Waals surface area contributed by atoms with Gasteiger partial charge in [0.25, 0.3) is 5.91 Å². The Kier molecular flexibility index (Phi) is 6.97. The minimum atomic E-state index is -0.366. The molecular formula is C25H21BrN2O3S. The quantitative estimate of drug-likeness (QED) is 0.329. The molecule has 0 aliphatic carbocycles. The number of hydrogen-bond acceptors (Lipinski definition) is 4. The van der Waals surface area contributed by atoms with Gasteiger partial charge in [-0.1, -0.05) is 69.7 Å². The molecule has 5 nitrogen and oxygen atoms in total. The lowest BCUT2D eigenvalue weighted by Crippen LogP contribution is -2.23. The highest BCUT2D eigenvalue weighted by molar-refractivity contribution is 9.10. The van der Waals surface area contributed by atoms with Crippen LogP contribution in [0, 0.1) is 0 Å². The van der Waals surface area contributed by atoms with Gasteiger partial charge in [-0.25, -0.2) is 0 Å². The number of amides is 1. The summed E-state index contributed by atoms with van der Waals surface area (Å²) in [5, 5.41) is 0. The smallest absolute Gasteiger partial charge is 0.326 e. The summed E-state index contributed by atoms with van der Waals surface area (Å²) in [6.45, 7) is 2.06. The summed E-state index contributed by atoms with van der Waals surface area (Å²) in [4.78, 5) is 29.8. The van der Waals surface area contributed by atoms with Gasteiger partial charge in [0.2, 0.25) is 0 Å². The molecule has 0 radical (unpaired) electrons. The predicted octanol–water partition coefficient (Wildman–Crippen LogP) is 5.36. The normalized spacial score (nSPS) is 11.6. The minimum absolute atomic E-state index is 0.00238. The van der Waals surface area contributed by atoms with E-state index in [-0.39, 0.29) is 18.4 Å². The maximum atomic E-state index is 12.9. The van der Waals surface area contributed by atoms with E-state index in [0.717, 1.165) is 26.7 Å². The molecular weight excluding hydrogens is 488 g/mol. The second-order valence-corrected chi connectivity index (χ2v) is 9.09. The monoisotopic (exact) mass is 508 g/mol. The van der Waals surface area contributed by atoms with Gasteiger partial charge >= 0.3 is 5.97 Å². The number of benzene rings is 3. The van der Waals surface area contributed by atoms with Crippen molar-refractivity contribution in [2.75, 3.05) is 6.61 Å². The molecule has 0 aliphatic heterocycles. The second kappa shape index (κ2) is 10.1. The molecule has 32 heavy (non-hydrogen) atoms. The molecule has 0 atom stereocenters. The van der Waals surface area contributed by atoms with Crippen LogP contribution in [0.4, 0.5) is 0 Å². The predicted molar refractivity (Wildman–Crippen MR) is 130 cm³/mol. The molecule has 7 heteroatoms. The highest BCUT2D eigenvalue weighted by Gasteiger charge is 2.13. The first-order valence-corrected chi connectivity index (χ1v) is 11.8. The fraction of sp³-hybridized carbons (Fsp3) is 0.160. The lowest BCUT2D eigenvalue weighted by Gasteiger charge is -2.05. The zero-order valence-corrected chi connectivity index (χ0v) is 19.9. The van der Waals surface area contributed by atoms with Crippen LogP contribution >= 0.6 is 27.3 Å². The third-order valence-corrected chi connectivity index (χ3v) is 6.42. The van der Waals surface area contributed by atoms with Gasteiger partial charge in [-0.3, -0.25) is 9.59 Å². The number of carbonyl (C=O) groups excluding carboxylic acids is 2. The second-order valence-electron chi connectivity index (χ2n) is 7.16. The summed E-state index contributed by atoms with van der Waals surface area (Å²) in [5.74, 6) is -0.714. The Balaban J connectivity index is 1.64. The van der Waals surface area contributed by atoms with Crippen molar-refractivity contribution in [3.05, 3.63) is 98.8 Å². The number of thiazole rings is 1. The van der Waals surface area contributed by atoms with E-state index >= 15 is 0 Å². The highest BCUT2D eigenvalue weighted by Crippen LogP contribution is 2.22. The number of rotatable bonds is 6. The van der Waals surface area contributed by atoms with Gasteiger partial charge in [-0.2, -0.15) is 4.99 Å². The zero-order chi connectivity index (χ0) is 22.5. The van der Waals surface area contributed by atoms with E-state index in [2.05, 4.69) is 33.1 Å². The van der Waals surface area contributed by atoms with Crippen LogP contribution in [-0.4, -0.2) is 23.1 Å². The van der Waals surface area contributed by atoms with Crippen molar-refractivity contribution in [1.29, 1.82) is 0 Å². The Hall–Kier alpha value is -3.03. The maximum Gasteiger partial charge on any atom is 0.326 e. The van der Waals surface area contributed by atoms with Crippen LogP contribution in [0.5, 0.6) is 0 Å². The first-order chi connectivity index (χ1) is 15.5. The van der Waals surface area contributed by atoms with Gasteiger partial charge in [0.05, 0.1) is 16.8 Å². The lowest BCUT2D eigenvalue weighted by molar-refractivity contribution is -0.143. The maximum absolute atomic E-state index is 12.9. The molecule has 0 saturated heterocycles. The van der Waals surface area contributed by atoms with E-state index < -0.39 is 0 Å². The van der Waals surface area contributed by atoms with Crippen LogP contribution in [-0.2, 0) is 22.5 Å². The van der Waals surface area contributed by atoms with Crippen molar-refractivity contribution in [3.8, 4) is 0 Å². The molecule has 1 amide bonds. The van der Waals surface area contributed by atoms with E-state index in [9.17, 15) is 9.59 Å². The van der Waals surface area contributed by atoms with E-state index in [4.69, 9.17) is 4.74 Å². The van der Waals surface area contributed by atoms with Crippen molar-refractivity contribution in [2.45, 2.75) is 19.9 Å². The number of carbonyl (C=O) groups is 2. The standard InChI is InChI=1S/C25H21BrN2O3S/c1-2-31-23(29)16-28-21-13-12-20(26)15-22(21)32-25(28)27-24(30)19-10-8-18(9-11-19)14-17-6-4-3-5-7-17/h3-13,15H,2,14,16H2,1H3. The lowest BCUT2D eigenvalue weighted by atomic mass is 10.0. The highest BCUT2D eigenvalue weighted by atomic mass is 79.9.